The summed E-state index contributed by atoms with van der Waals surface area (Å²) in [5.41, 5.74) is 4.26. The van der Waals surface area contributed by atoms with E-state index in [1.165, 1.54) is 5.56 Å². The summed E-state index contributed by atoms with van der Waals surface area (Å²) in [4.78, 5) is 23.3. The lowest BCUT2D eigenvalue weighted by molar-refractivity contribution is -0.121. The van der Waals surface area contributed by atoms with Crippen LogP contribution in [-0.2, 0) is 29.0 Å². The van der Waals surface area contributed by atoms with Crippen molar-refractivity contribution < 1.29 is 9.59 Å². The van der Waals surface area contributed by atoms with E-state index in [2.05, 4.69) is 16.7 Å². The summed E-state index contributed by atoms with van der Waals surface area (Å²) < 4.78 is 0. The van der Waals surface area contributed by atoms with E-state index >= 15 is 0 Å². The molecule has 0 unspecified atom stereocenters. The molecule has 0 fully saturated rings. The maximum absolute atomic E-state index is 12.0. The van der Waals surface area contributed by atoms with Crippen LogP contribution in [0.3, 0.4) is 0 Å². The van der Waals surface area contributed by atoms with Gasteiger partial charge in [0.1, 0.15) is 0 Å². The molecule has 4 heteroatoms. The van der Waals surface area contributed by atoms with Crippen molar-refractivity contribution in [1.82, 2.24) is 5.32 Å². The van der Waals surface area contributed by atoms with E-state index in [0.29, 0.717) is 19.4 Å². The minimum atomic E-state index is 0.0554. The molecule has 4 nitrogen and oxygen atoms in total. The number of fused-ring (bicyclic) bond motifs is 1. The zero-order valence-electron chi connectivity index (χ0n) is 13.0. The topological polar surface area (TPSA) is 58.2 Å². The molecular weight excluding hydrogens is 288 g/mol. The first kappa shape index (κ1) is 15.3. The van der Waals surface area contributed by atoms with E-state index in [1.54, 1.807) is 0 Å². The van der Waals surface area contributed by atoms with Crippen molar-refractivity contribution in [3.63, 3.8) is 0 Å². The van der Waals surface area contributed by atoms with Crippen molar-refractivity contribution in [2.24, 2.45) is 0 Å². The number of hydrogen-bond donors (Lipinski definition) is 2. The van der Waals surface area contributed by atoms with E-state index in [-0.39, 0.29) is 11.8 Å². The van der Waals surface area contributed by atoms with E-state index in [4.69, 9.17) is 0 Å². The molecule has 1 heterocycles. The Kier molecular flexibility index (Phi) is 4.71. The summed E-state index contributed by atoms with van der Waals surface area (Å²) in [5, 5.41) is 5.82. The molecule has 0 aliphatic carbocycles. The molecule has 0 saturated carbocycles. The van der Waals surface area contributed by atoms with Crippen LogP contribution in [0.15, 0.2) is 48.5 Å². The molecule has 2 aromatic rings. The first-order valence-electron chi connectivity index (χ1n) is 7.93. The lowest BCUT2D eigenvalue weighted by Crippen LogP contribution is -2.23. The quantitative estimate of drug-likeness (QED) is 0.892. The van der Waals surface area contributed by atoms with Gasteiger partial charge in [-0.1, -0.05) is 42.5 Å². The van der Waals surface area contributed by atoms with Crippen LogP contribution in [0.2, 0.25) is 0 Å². The zero-order chi connectivity index (χ0) is 16.1. The van der Waals surface area contributed by atoms with E-state index < -0.39 is 0 Å². The smallest absolute Gasteiger partial charge is 0.224 e. The minimum Gasteiger partial charge on any atom is -0.352 e. The van der Waals surface area contributed by atoms with Crippen molar-refractivity contribution in [1.29, 1.82) is 0 Å². The molecule has 2 N–H and O–H groups in total. The number of carbonyl (C=O) groups is 2. The Bertz CT molecular complexity index is 711. The van der Waals surface area contributed by atoms with Crippen LogP contribution in [-0.4, -0.2) is 11.8 Å². The van der Waals surface area contributed by atoms with Gasteiger partial charge < -0.3 is 10.6 Å². The standard InChI is InChI=1S/C19H20N2O2/c22-18(10-7-14-4-2-1-3-5-14)20-13-15-6-9-17-16(12-15)8-11-19(23)21-17/h1-6,9,12H,7-8,10-11,13H2,(H,20,22)(H,21,23). The molecule has 23 heavy (non-hydrogen) atoms. The summed E-state index contributed by atoms with van der Waals surface area (Å²) in [6.45, 7) is 0.523. The van der Waals surface area contributed by atoms with E-state index in [1.807, 2.05) is 42.5 Å². The summed E-state index contributed by atoms with van der Waals surface area (Å²) in [6, 6.07) is 15.9. The highest BCUT2D eigenvalue weighted by molar-refractivity contribution is 5.93. The molecule has 1 aliphatic heterocycles. The molecular formula is C19H20N2O2. The van der Waals surface area contributed by atoms with Crippen molar-refractivity contribution in [3.8, 4) is 0 Å². The second-order valence-electron chi connectivity index (χ2n) is 5.80. The van der Waals surface area contributed by atoms with E-state index in [9.17, 15) is 9.59 Å². The van der Waals surface area contributed by atoms with Gasteiger partial charge in [-0.05, 0) is 35.6 Å². The van der Waals surface area contributed by atoms with Gasteiger partial charge in [-0.3, -0.25) is 9.59 Å². The van der Waals surface area contributed by atoms with Crippen LogP contribution >= 0.6 is 0 Å². The fourth-order valence-corrected chi connectivity index (χ4v) is 2.74. The van der Waals surface area contributed by atoms with Gasteiger partial charge in [0.15, 0.2) is 0 Å². The Labute approximate surface area is 135 Å². The predicted molar refractivity (Wildman–Crippen MR) is 90.0 cm³/mol. The van der Waals surface area contributed by atoms with Gasteiger partial charge in [-0.25, -0.2) is 0 Å². The number of hydrogen-bond acceptors (Lipinski definition) is 2. The number of rotatable bonds is 5. The fraction of sp³-hybridized carbons (Fsp3) is 0.263. The predicted octanol–water partition coefficient (Wildman–Crippen LogP) is 2.82. The number of carbonyl (C=O) groups excluding carboxylic acids is 2. The third-order valence-electron chi connectivity index (χ3n) is 4.04. The molecule has 2 amide bonds. The lowest BCUT2D eigenvalue weighted by atomic mass is 10.0. The largest absolute Gasteiger partial charge is 0.352 e. The molecule has 0 saturated heterocycles. The summed E-state index contributed by atoms with van der Waals surface area (Å²) >= 11 is 0. The molecule has 0 bridgehead atoms. The number of nitrogens with one attached hydrogen (secondary N) is 2. The molecule has 3 rings (SSSR count). The maximum Gasteiger partial charge on any atom is 0.224 e. The molecule has 0 atom stereocenters. The molecule has 0 aromatic heterocycles. The SMILES string of the molecule is O=C(CCc1ccccc1)NCc1ccc2c(c1)CCC(=O)N2. The number of aryl methyl sites for hydroxylation is 2. The zero-order valence-corrected chi connectivity index (χ0v) is 13.0. The van der Waals surface area contributed by atoms with Gasteiger partial charge in [0.2, 0.25) is 11.8 Å². The minimum absolute atomic E-state index is 0.0554. The average Bonchev–Trinajstić information content (AvgIpc) is 2.59. The van der Waals surface area contributed by atoms with Crippen molar-refractivity contribution >= 4 is 17.5 Å². The van der Waals surface area contributed by atoms with Gasteiger partial charge in [0.05, 0.1) is 0 Å². The van der Waals surface area contributed by atoms with Crippen molar-refractivity contribution in [2.45, 2.75) is 32.2 Å². The second kappa shape index (κ2) is 7.09. The van der Waals surface area contributed by atoms with Crippen LogP contribution < -0.4 is 10.6 Å². The third kappa shape index (κ3) is 4.19. The fourth-order valence-electron chi connectivity index (χ4n) is 2.74. The molecule has 0 spiro atoms. The second-order valence-corrected chi connectivity index (χ2v) is 5.80. The highest BCUT2D eigenvalue weighted by Gasteiger charge is 2.14. The first-order chi connectivity index (χ1) is 11.2. The van der Waals surface area contributed by atoms with Crippen LogP contribution in [0.4, 0.5) is 5.69 Å². The van der Waals surface area contributed by atoms with Gasteiger partial charge in [0.25, 0.3) is 0 Å². The molecule has 0 radical (unpaired) electrons. The summed E-state index contributed by atoms with van der Waals surface area (Å²) in [5.74, 6) is 0.124. The Hall–Kier alpha value is -2.62. The molecule has 2 aromatic carbocycles. The Morgan fingerprint density at radius 1 is 1.04 bits per heavy atom. The maximum atomic E-state index is 12.0. The van der Waals surface area contributed by atoms with Crippen LogP contribution in [0.5, 0.6) is 0 Å². The molecule has 118 valence electrons. The highest BCUT2D eigenvalue weighted by Crippen LogP contribution is 2.23. The van der Waals surface area contributed by atoms with Crippen molar-refractivity contribution in [2.75, 3.05) is 5.32 Å². The van der Waals surface area contributed by atoms with Gasteiger partial charge in [0, 0.05) is 25.1 Å². The van der Waals surface area contributed by atoms with E-state index in [0.717, 1.165) is 29.7 Å². The highest BCUT2D eigenvalue weighted by atomic mass is 16.2. The van der Waals surface area contributed by atoms with Gasteiger partial charge >= 0.3 is 0 Å². The van der Waals surface area contributed by atoms with Gasteiger partial charge in [-0.2, -0.15) is 0 Å². The van der Waals surface area contributed by atoms with Crippen LogP contribution in [0.25, 0.3) is 0 Å². The number of anilines is 1. The van der Waals surface area contributed by atoms with Gasteiger partial charge in [-0.15, -0.1) is 0 Å². The average molecular weight is 308 g/mol. The van der Waals surface area contributed by atoms with Crippen molar-refractivity contribution in [3.05, 3.63) is 65.2 Å². The Morgan fingerprint density at radius 3 is 2.70 bits per heavy atom. The Balaban J connectivity index is 1.50. The number of amides is 2. The monoisotopic (exact) mass is 308 g/mol. The normalized spacial score (nSPS) is 13.1. The number of benzene rings is 2. The van der Waals surface area contributed by atoms with Crippen LogP contribution in [0.1, 0.15) is 29.5 Å². The molecule has 1 aliphatic rings. The third-order valence-corrected chi connectivity index (χ3v) is 4.04. The lowest BCUT2D eigenvalue weighted by Gasteiger charge is -2.17. The first-order valence-corrected chi connectivity index (χ1v) is 7.93. The Morgan fingerprint density at radius 2 is 1.87 bits per heavy atom. The summed E-state index contributed by atoms with van der Waals surface area (Å²) in [6.07, 6.45) is 2.53. The van der Waals surface area contributed by atoms with Crippen LogP contribution in [0, 0.1) is 0 Å². The summed E-state index contributed by atoms with van der Waals surface area (Å²) in [7, 11) is 0.